The van der Waals surface area contributed by atoms with E-state index in [1.807, 2.05) is 79.7 Å². The summed E-state index contributed by atoms with van der Waals surface area (Å²) in [6.07, 6.45) is 0.360. The summed E-state index contributed by atoms with van der Waals surface area (Å²) in [5, 5.41) is 12.2. The van der Waals surface area contributed by atoms with Gasteiger partial charge in [-0.15, -0.1) is 0 Å². The maximum atomic E-state index is 12.4. The van der Waals surface area contributed by atoms with Crippen molar-refractivity contribution in [2.75, 3.05) is 7.11 Å². The fraction of sp³-hybridized carbons (Fsp3) is 0.200. The molecule has 3 aromatic carbocycles. The van der Waals surface area contributed by atoms with Crippen LogP contribution in [0.15, 0.2) is 72.8 Å². The maximum absolute atomic E-state index is 12.4. The minimum atomic E-state index is -1.05. The quantitative estimate of drug-likeness (QED) is 0.596. The van der Waals surface area contributed by atoms with E-state index in [9.17, 15) is 14.7 Å². The van der Waals surface area contributed by atoms with Crippen LogP contribution in [0.4, 0.5) is 0 Å². The number of carboxylic acid groups (broad SMARTS) is 1. The number of nitrogens with one attached hydrogen (secondary N) is 1. The predicted octanol–water partition coefficient (Wildman–Crippen LogP) is 4.03. The van der Waals surface area contributed by atoms with E-state index in [0.29, 0.717) is 0 Å². The Labute approximate surface area is 176 Å². The number of hydrogen-bond acceptors (Lipinski definition) is 3. The molecule has 5 heteroatoms. The Hall–Kier alpha value is -3.60. The smallest absolute Gasteiger partial charge is 0.326 e. The molecule has 0 saturated carbocycles. The van der Waals surface area contributed by atoms with E-state index in [1.54, 1.807) is 7.11 Å². The summed E-state index contributed by atoms with van der Waals surface area (Å²) in [4.78, 5) is 24.0. The number of aryl methyl sites for hydroxylation is 1. The van der Waals surface area contributed by atoms with E-state index in [4.69, 9.17) is 4.74 Å². The van der Waals surface area contributed by atoms with Crippen molar-refractivity contribution in [3.8, 4) is 16.9 Å². The molecule has 3 aromatic rings. The van der Waals surface area contributed by atoms with E-state index >= 15 is 0 Å². The third-order valence-corrected chi connectivity index (χ3v) is 4.89. The lowest BCUT2D eigenvalue weighted by Crippen LogP contribution is -2.43. The molecular weight excluding hydrogens is 378 g/mol. The number of benzene rings is 3. The highest BCUT2D eigenvalue weighted by molar-refractivity contribution is 5.85. The number of methoxy groups -OCH3 is 1. The molecule has 0 radical (unpaired) electrons. The van der Waals surface area contributed by atoms with Crippen LogP contribution in [-0.2, 0) is 22.4 Å². The summed E-state index contributed by atoms with van der Waals surface area (Å²) in [6.45, 7) is 1.95. The van der Waals surface area contributed by atoms with Gasteiger partial charge in [0.2, 0.25) is 5.91 Å². The van der Waals surface area contributed by atoms with Gasteiger partial charge in [0.25, 0.3) is 0 Å². The second-order valence-corrected chi connectivity index (χ2v) is 7.23. The van der Waals surface area contributed by atoms with Gasteiger partial charge in [0, 0.05) is 12.0 Å². The molecule has 0 spiro atoms. The second kappa shape index (κ2) is 9.74. The Kier molecular flexibility index (Phi) is 6.86. The van der Waals surface area contributed by atoms with Gasteiger partial charge in [-0.1, -0.05) is 72.3 Å². The topological polar surface area (TPSA) is 75.6 Å². The molecule has 5 nitrogen and oxygen atoms in total. The first-order valence-electron chi connectivity index (χ1n) is 9.76. The molecule has 0 saturated heterocycles. The fourth-order valence-corrected chi connectivity index (χ4v) is 3.39. The first kappa shape index (κ1) is 21.1. The highest BCUT2D eigenvalue weighted by Crippen LogP contribution is 2.29. The molecule has 0 aliphatic carbocycles. The summed E-state index contributed by atoms with van der Waals surface area (Å²) in [6, 6.07) is 22.0. The summed E-state index contributed by atoms with van der Waals surface area (Å²) < 4.78 is 5.40. The number of hydrogen-bond donors (Lipinski definition) is 2. The van der Waals surface area contributed by atoms with Crippen LogP contribution in [0, 0.1) is 6.92 Å². The van der Waals surface area contributed by atoms with Gasteiger partial charge in [0.05, 0.1) is 13.5 Å². The summed E-state index contributed by atoms with van der Waals surface area (Å²) in [5.74, 6) is -0.586. The van der Waals surface area contributed by atoms with E-state index in [1.165, 1.54) is 0 Å². The molecule has 30 heavy (non-hydrogen) atoms. The molecular formula is C25H25NO4. The lowest BCUT2D eigenvalue weighted by molar-refractivity contribution is -0.141. The third-order valence-electron chi connectivity index (χ3n) is 4.89. The van der Waals surface area contributed by atoms with E-state index in [2.05, 4.69) is 5.32 Å². The molecule has 0 aliphatic rings. The van der Waals surface area contributed by atoms with Gasteiger partial charge < -0.3 is 15.2 Å². The molecule has 154 valence electrons. The van der Waals surface area contributed by atoms with Gasteiger partial charge in [0.1, 0.15) is 11.8 Å². The summed E-state index contributed by atoms with van der Waals surface area (Å²) >= 11 is 0. The summed E-state index contributed by atoms with van der Waals surface area (Å²) in [5.41, 5.74) is 4.69. The van der Waals surface area contributed by atoms with Crippen molar-refractivity contribution in [2.24, 2.45) is 0 Å². The van der Waals surface area contributed by atoms with Gasteiger partial charge in [-0.2, -0.15) is 0 Å². The van der Waals surface area contributed by atoms with Crippen LogP contribution in [0.25, 0.3) is 11.1 Å². The van der Waals surface area contributed by atoms with Crippen LogP contribution in [0.2, 0.25) is 0 Å². The van der Waals surface area contributed by atoms with Gasteiger partial charge in [-0.05, 0) is 29.7 Å². The highest BCUT2D eigenvalue weighted by Gasteiger charge is 2.20. The minimum absolute atomic E-state index is 0.151. The van der Waals surface area contributed by atoms with Crippen LogP contribution in [0.1, 0.15) is 16.7 Å². The maximum Gasteiger partial charge on any atom is 0.326 e. The Morgan fingerprint density at radius 1 is 0.967 bits per heavy atom. The van der Waals surface area contributed by atoms with Crippen molar-refractivity contribution in [2.45, 2.75) is 25.8 Å². The number of carbonyl (C=O) groups excluding carboxylic acids is 1. The van der Waals surface area contributed by atoms with Crippen molar-refractivity contribution in [3.05, 3.63) is 89.5 Å². The molecule has 0 bridgehead atoms. The first-order chi connectivity index (χ1) is 14.5. The van der Waals surface area contributed by atoms with Crippen LogP contribution in [0.3, 0.4) is 0 Å². The number of rotatable bonds is 8. The lowest BCUT2D eigenvalue weighted by Gasteiger charge is -2.15. The summed E-state index contributed by atoms with van der Waals surface area (Å²) in [7, 11) is 1.63. The van der Waals surface area contributed by atoms with Crippen LogP contribution in [0.5, 0.6) is 5.75 Å². The largest absolute Gasteiger partial charge is 0.496 e. The SMILES string of the molecule is COc1ccccc1-c1ccc(C[C@H](NC(=O)Cc2cccc(C)c2)C(=O)O)cc1. The van der Waals surface area contributed by atoms with Crippen molar-refractivity contribution >= 4 is 11.9 Å². The van der Waals surface area contributed by atoms with Crippen molar-refractivity contribution in [3.63, 3.8) is 0 Å². The molecule has 1 amide bonds. The van der Waals surface area contributed by atoms with E-state index < -0.39 is 12.0 Å². The molecule has 0 aromatic heterocycles. The van der Waals surface area contributed by atoms with Crippen molar-refractivity contribution in [1.29, 1.82) is 0 Å². The number of carbonyl (C=O) groups is 2. The zero-order valence-corrected chi connectivity index (χ0v) is 17.1. The van der Waals surface area contributed by atoms with Gasteiger partial charge in [-0.3, -0.25) is 4.79 Å². The van der Waals surface area contributed by atoms with Crippen LogP contribution >= 0.6 is 0 Å². The van der Waals surface area contributed by atoms with Crippen molar-refractivity contribution < 1.29 is 19.4 Å². The molecule has 0 heterocycles. The molecule has 1 atom stereocenters. The van der Waals surface area contributed by atoms with Crippen LogP contribution < -0.4 is 10.1 Å². The zero-order valence-electron chi connectivity index (χ0n) is 17.1. The third kappa shape index (κ3) is 5.47. The standard InChI is InChI=1S/C25H25NO4/c1-17-6-5-7-19(14-17)16-24(27)26-22(25(28)29)15-18-10-12-20(13-11-18)21-8-3-4-9-23(21)30-2/h3-14,22H,15-16H2,1-2H3,(H,26,27)(H,28,29)/t22-/m0/s1. The lowest BCUT2D eigenvalue weighted by atomic mass is 10.00. The molecule has 2 N–H and O–H groups in total. The van der Waals surface area contributed by atoms with E-state index in [0.717, 1.165) is 33.6 Å². The molecule has 0 unspecified atom stereocenters. The number of carboxylic acids is 1. The number of ether oxygens (including phenoxy) is 1. The minimum Gasteiger partial charge on any atom is -0.496 e. The van der Waals surface area contributed by atoms with Crippen molar-refractivity contribution in [1.82, 2.24) is 5.32 Å². The zero-order chi connectivity index (χ0) is 21.5. The van der Waals surface area contributed by atoms with Crippen LogP contribution in [-0.4, -0.2) is 30.1 Å². The number of para-hydroxylation sites is 1. The normalized spacial score (nSPS) is 11.5. The predicted molar refractivity (Wildman–Crippen MR) is 117 cm³/mol. The first-order valence-corrected chi connectivity index (χ1v) is 9.76. The Morgan fingerprint density at radius 3 is 2.37 bits per heavy atom. The Bertz CT molecular complexity index is 1030. The Morgan fingerprint density at radius 2 is 1.70 bits per heavy atom. The monoisotopic (exact) mass is 403 g/mol. The average Bonchev–Trinajstić information content (AvgIpc) is 2.73. The fourth-order valence-electron chi connectivity index (χ4n) is 3.39. The Balaban J connectivity index is 1.67. The van der Waals surface area contributed by atoms with E-state index in [-0.39, 0.29) is 18.7 Å². The molecule has 0 fully saturated rings. The number of amides is 1. The highest BCUT2D eigenvalue weighted by atomic mass is 16.5. The average molecular weight is 403 g/mol. The second-order valence-electron chi connectivity index (χ2n) is 7.23. The van der Waals surface area contributed by atoms with Gasteiger partial charge in [0.15, 0.2) is 0 Å². The number of aliphatic carboxylic acids is 1. The van der Waals surface area contributed by atoms with Gasteiger partial charge >= 0.3 is 5.97 Å². The van der Waals surface area contributed by atoms with Gasteiger partial charge in [-0.25, -0.2) is 4.79 Å². The molecule has 3 rings (SSSR count). The molecule has 0 aliphatic heterocycles.